The van der Waals surface area contributed by atoms with Crippen molar-refractivity contribution in [3.8, 4) is 11.3 Å². The van der Waals surface area contributed by atoms with E-state index in [1.807, 2.05) is 60.7 Å². The molecule has 2 aromatic carbocycles. The van der Waals surface area contributed by atoms with Crippen molar-refractivity contribution in [2.24, 2.45) is 0 Å². The highest BCUT2D eigenvalue weighted by molar-refractivity contribution is 5.92. The lowest BCUT2D eigenvalue weighted by Gasteiger charge is -2.01. The largest absolute Gasteiger partial charge is 0.445 e. The van der Waals surface area contributed by atoms with Gasteiger partial charge in [-0.05, 0) is 12.1 Å². The minimum absolute atomic E-state index is 0.471. The Bertz CT molecular complexity index is 968. The summed E-state index contributed by atoms with van der Waals surface area (Å²) in [4.78, 5) is 12.0. The molecule has 4 heteroatoms. The molecular formula is C16H10N2O2. The summed E-state index contributed by atoms with van der Waals surface area (Å²) in [7, 11) is 0. The Morgan fingerprint density at radius 1 is 0.900 bits per heavy atom. The zero-order valence-corrected chi connectivity index (χ0v) is 10.5. The summed E-state index contributed by atoms with van der Waals surface area (Å²) in [6, 6.07) is 19.4. The van der Waals surface area contributed by atoms with Crippen LogP contribution in [-0.2, 0) is 0 Å². The Kier molecular flexibility index (Phi) is 2.23. The van der Waals surface area contributed by atoms with Crippen LogP contribution in [0.3, 0.4) is 0 Å². The molecule has 20 heavy (non-hydrogen) atoms. The van der Waals surface area contributed by atoms with Crippen molar-refractivity contribution in [2.45, 2.75) is 0 Å². The summed E-state index contributed by atoms with van der Waals surface area (Å²) >= 11 is 0. The van der Waals surface area contributed by atoms with E-state index in [-0.39, 0.29) is 0 Å². The van der Waals surface area contributed by atoms with Crippen molar-refractivity contribution in [1.29, 1.82) is 0 Å². The number of para-hydroxylation sites is 1. The number of benzene rings is 2. The molecule has 2 aromatic heterocycles. The van der Waals surface area contributed by atoms with Gasteiger partial charge in [-0.25, -0.2) is 9.20 Å². The van der Waals surface area contributed by atoms with E-state index in [4.69, 9.17) is 4.52 Å². The van der Waals surface area contributed by atoms with Gasteiger partial charge in [-0.15, -0.1) is 0 Å². The molecule has 0 radical (unpaired) electrons. The molecule has 2 heterocycles. The SMILES string of the molecule is O=c1onc(-c2ccccc2)c2cc3ccccc3n12. The molecule has 0 spiro atoms. The van der Waals surface area contributed by atoms with Crippen molar-refractivity contribution >= 4 is 16.4 Å². The lowest BCUT2D eigenvalue weighted by Crippen LogP contribution is -2.12. The van der Waals surface area contributed by atoms with E-state index in [0.717, 1.165) is 22.0 Å². The molecule has 0 amide bonds. The summed E-state index contributed by atoms with van der Waals surface area (Å²) in [5.74, 6) is -0.471. The first-order valence-corrected chi connectivity index (χ1v) is 6.30. The molecule has 0 unspecified atom stereocenters. The van der Waals surface area contributed by atoms with Gasteiger partial charge in [0.05, 0.1) is 11.0 Å². The van der Waals surface area contributed by atoms with Crippen LogP contribution in [-0.4, -0.2) is 9.56 Å². The number of rotatable bonds is 1. The van der Waals surface area contributed by atoms with Gasteiger partial charge >= 0.3 is 5.76 Å². The molecule has 4 nitrogen and oxygen atoms in total. The fourth-order valence-electron chi connectivity index (χ4n) is 2.49. The van der Waals surface area contributed by atoms with Crippen LogP contribution in [0.4, 0.5) is 0 Å². The van der Waals surface area contributed by atoms with E-state index in [0.29, 0.717) is 5.69 Å². The summed E-state index contributed by atoms with van der Waals surface area (Å²) in [6.45, 7) is 0. The van der Waals surface area contributed by atoms with E-state index < -0.39 is 5.76 Å². The lowest BCUT2D eigenvalue weighted by atomic mass is 10.1. The second kappa shape index (κ2) is 4.06. The number of aromatic nitrogens is 2. The fraction of sp³-hybridized carbons (Fsp3) is 0. The third-order valence-corrected chi connectivity index (χ3v) is 3.40. The highest BCUT2D eigenvalue weighted by atomic mass is 16.5. The summed E-state index contributed by atoms with van der Waals surface area (Å²) in [6.07, 6.45) is 0. The van der Waals surface area contributed by atoms with E-state index >= 15 is 0 Å². The van der Waals surface area contributed by atoms with Gasteiger partial charge in [-0.1, -0.05) is 53.7 Å². The Morgan fingerprint density at radius 3 is 2.50 bits per heavy atom. The van der Waals surface area contributed by atoms with Crippen molar-refractivity contribution < 1.29 is 4.52 Å². The standard InChI is InChI=1S/C16H10N2O2/c19-16-18-13-9-5-4-8-12(13)10-14(18)15(17-20-16)11-6-2-1-3-7-11/h1-10H. The van der Waals surface area contributed by atoms with E-state index in [1.54, 1.807) is 4.40 Å². The Morgan fingerprint density at radius 2 is 1.65 bits per heavy atom. The Hall–Kier alpha value is -2.88. The van der Waals surface area contributed by atoms with Crippen LogP contribution in [0.1, 0.15) is 0 Å². The third kappa shape index (κ3) is 1.48. The number of fused-ring (bicyclic) bond motifs is 3. The average molecular weight is 262 g/mol. The van der Waals surface area contributed by atoms with Crippen molar-refractivity contribution in [3.63, 3.8) is 0 Å². The monoisotopic (exact) mass is 262 g/mol. The van der Waals surface area contributed by atoms with Gasteiger partial charge in [0.1, 0.15) is 5.69 Å². The van der Waals surface area contributed by atoms with Gasteiger partial charge in [0.25, 0.3) is 0 Å². The summed E-state index contributed by atoms with van der Waals surface area (Å²) in [5.41, 5.74) is 3.18. The van der Waals surface area contributed by atoms with Crippen LogP contribution in [0, 0.1) is 0 Å². The first kappa shape index (κ1) is 11.0. The second-order valence-electron chi connectivity index (χ2n) is 4.59. The zero-order chi connectivity index (χ0) is 13.5. The maximum Gasteiger partial charge on any atom is 0.445 e. The predicted octanol–water partition coefficient (Wildman–Crippen LogP) is 3.11. The van der Waals surface area contributed by atoms with Crippen LogP contribution in [0.2, 0.25) is 0 Å². The predicted molar refractivity (Wildman–Crippen MR) is 76.7 cm³/mol. The third-order valence-electron chi connectivity index (χ3n) is 3.40. The maximum atomic E-state index is 12.0. The van der Waals surface area contributed by atoms with Crippen LogP contribution >= 0.6 is 0 Å². The van der Waals surface area contributed by atoms with Gasteiger partial charge in [-0.2, -0.15) is 0 Å². The summed E-state index contributed by atoms with van der Waals surface area (Å²) in [5, 5.41) is 4.95. The molecular weight excluding hydrogens is 252 g/mol. The minimum Gasteiger partial charge on any atom is -0.297 e. The summed E-state index contributed by atoms with van der Waals surface area (Å²) < 4.78 is 6.51. The number of hydrogen-bond donors (Lipinski definition) is 0. The maximum absolute atomic E-state index is 12.0. The number of nitrogens with zero attached hydrogens (tertiary/aromatic N) is 2. The van der Waals surface area contributed by atoms with E-state index in [2.05, 4.69) is 5.16 Å². The van der Waals surface area contributed by atoms with Crippen molar-refractivity contribution in [1.82, 2.24) is 9.56 Å². The Labute approximate surface area is 113 Å². The molecule has 0 bridgehead atoms. The second-order valence-corrected chi connectivity index (χ2v) is 4.59. The molecule has 0 fully saturated rings. The topological polar surface area (TPSA) is 47.5 Å². The van der Waals surface area contributed by atoms with Crippen molar-refractivity contribution in [2.75, 3.05) is 0 Å². The van der Waals surface area contributed by atoms with Gasteiger partial charge in [0.2, 0.25) is 0 Å². The molecule has 4 rings (SSSR count). The Balaban J connectivity index is 2.19. The van der Waals surface area contributed by atoms with Gasteiger partial charge in [0.15, 0.2) is 0 Å². The number of hydrogen-bond acceptors (Lipinski definition) is 3. The van der Waals surface area contributed by atoms with Crippen molar-refractivity contribution in [3.05, 3.63) is 71.2 Å². The highest BCUT2D eigenvalue weighted by Crippen LogP contribution is 2.26. The molecule has 96 valence electrons. The first-order chi connectivity index (χ1) is 9.84. The molecule has 0 atom stereocenters. The minimum atomic E-state index is -0.471. The lowest BCUT2D eigenvalue weighted by molar-refractivity contribution is 0.352. The molecule has 4 aromatic rings. The highest BCUT2D eigenvalue weighted by Gasteiger charge is 2.13. The first-order valence-electron chi connectivity index (χ1n) is 6.30. The van der Waals surface area contributed by atoms with Gasteiger partial charge in [-0.3, -0.25) is 4.52 Å². The quantitative estimate of drug-likeness (QED) is 0.529. The van der Waals surface area contributed by atoms with Crippen LogP contribution in [0.25, 0.3) is 27.7 Å². The molecule has 0 saturated carbocycles. The zero-order valence-electron chi connectivity index (χ0n) is 10.5. The molecule has 0 aliphatic carbocycles. The van der Waals surface area contributed by atoms with E-state index in [1.165, 1.54) is 0 Å². The van der Waals surface area contributed by atoms with Gasteiger partial charge < -0.3 is 0 Å². The molecule has 0 aliphatic rings. The fourth-order valence-corrected chi connectivity index (χ4v) is 2.49. The van der Waals surface area contributed by atoms with Crippen LogP contribution < -0.4 is 5.76 Å². The molecule has 0 N–H and O–H groups in total. The smallest absolute Gasteiger partial charge is 0.297 e. The van der Waals surface area contributed by atoms with Crippen LogP contribution in [0.15, 0.2) is 70.0 Å². The van der Waals surface area contributed by atoms with E-state index in [9.17, 15) is 4.79 Å². The normalized spacial score (nSPS) is 11.2. The van der Waals surface area contributed by atoms with Gasteiger partial charge in [0, 0.05) is 10.9 Å². The van der Waals surface area contributed by atoms with Crippen LogP contribution in [0.5, 0.6) is 0 Å². The molecule has 0 saturated heterocycles. The molecule has 0 aliphatic heterocycles. The average Bonchev–Trinajstić information content (AvgIpc) is 2.88.